The highest BCUT2D eigenvalue weighted by atomic mass is 33.1. The predicted octanol–water partition coefficient (Wildman–Crippen LogP) is 4.38. The summed E-state index contributed by atoms with van der Waals surface area (Å²) in [4.78, 5) is 22.4. The maximum Gasteiger partial charge on any atom is 0.407 e. The summed E-state index contributed by atoms with van der Waals surface area (Å²) in [5.74, 6) is 0.531. The molecule has 5 nitrogen and oxygen atoms in total. The molecule has 0 radical (unpaired) electrons. The van der Waals surface area contributed by atoms with Crippen molar-refractivity contribution in [2.75, 3.05) is 24.7 Å². The quantitative estimate of drug-likeness (QED) is 0.478. The number of alkyl carbamates (subject to hydrolysis) is 1. The second-order valence-corrected chi connectivity index (χ2v) is 8.74. The molecule has 0 fully saturated rings. The molecule has 2 aromatic rings. The van der Waals surface area contributed by atoms with Gasteiger partial charge in [-0.3, -0.25) is 4.79 Å². The van der Waals surface area contributed by atoms with Gasteiger partial charge in [-0.1, -0.05) is 70.1 Å². The van der Waals surface area contributed by atoms with Crippen LogP contribution in [0.4, 0.5) is 4.79 Å². The number of ether oxygens (including phenoxy) is 1. The smallest absolute Gasteiger partial charge is 0.407 e. The van der Waals surface area contributed by atoms with Crippen molar-refractivity contribution in [2.45, 2.75) is 12.3 Å². The van der Waals surface area contributed by atoms with E-state index in [-0.39, 0.29) is 12.3 Å². The van der Waals surface area contributed by atoms with Crippen molar-refractivity contribution in [3.63, 3.8) is 0 Å². The molecule has 2 N–H and O–H groups in total. The molecule has 0 unspecified atom stereocenters. The Bertz CT molecular complexity index is 767. The molecular weight excluding hydrogens is 382 g/mol. The van der Waals surface area contributed by atoms with Gasteiger partial charge in [0, 0.05) is 24.0 Å². The van der Waals surface area contributed by atoms with Gasteiger partial charge in [-0.15, -0.1) is 0 Å². The molecule has 0 spiro atoms. The van der Waals surface area contributed by atoms with E-state index in [2.05, 4.69) is 29.6 Å². The Morgan fingerprint density at radius 3 is 2.19 bits per heavy atom. The summed E-state index contributed by atoms with van der Waals surface area (Å²) in [6.45, 7) is 0.793. The molecule has 0 aromatic heterocycles. The Morgan fingerprint density at radius 2 is 1.56 bits per heavy atom. The van der Waals surface area contributed by atoms with Crippen LogP contribution in [0.15, 0.2) is 48.5 Å². The van der Waals surface area contributed by atoms with Gasteiger partial charge in [-0.05, 0) is 22.3 Å². The molecule has 0 aliphatic heterocycles. The van der Waals surface area contributed by atoms with E-state index in [1.54, 1.807) is 10.8 Å². The number of benzene rings is 2. The fourth-order valence-electron chi connectivity index (χ4n) is 3.09. The zero-order valence-electron chi connectivity index (χ0n) is 14.7. The van der Waals surface area contributed by atoms with Crippen molar-refractivity contribution in [3.8, 4) is 11.1 Å². The summed E-state index contributed by atoms with van der Waals surface area (Å²) in [6.07, 6.45) is -0.273. The average Bonchev–Trinajstić information content (AvgIpc) is 2.99. The largest absolute Gasteiger partial charge is 0.481 e. The van der Waals surface area contributed by atoms with Crippen LogP contribution in [0.5, 0.6) is 0 Å². The van der Waals surface area contributed by atoms with Crippen LogP contribution >= 0.6 is 21.6 Å². The summed E-state index contributed by atoms with van der Waals surface area (Å²) < 4.78 is 5.46. The van der Waals surface area contributed by atoms with E-state index in [4.69, 9.17) is 9.84 Å². The van der Waals surface area contributed by atoms with Gasteiger partial charge in [0.05, 0.1) is 6.42 Å². The standard InChI is InChI=1S/C20H21NO4S2/c22-19(23)9-11-26-27-12-10-21-20(24)25-13-18-16-7-3-1-5-14(16)15-6-2-4-8-17(15)18/h1-8,18H,9-13H2,(H,21,24)(H,22,23). The second-order valence-electron chi connectivity index (χ2n) is 6.04. The molecular formula is C20H21NO4S2. The van der Waals surface area contributed by atoms with Crippen LogP contribution in [0.3, 0.4) is 0 Å². The SMILES string of the molecule is O=C(O)CCSSCCNC(=O)OCC1c2ccccc2-c2ccccc21. The fraction of sp³-hybridized carbons (Fsp3) is 0.300. The van der Waals surface area contributed by atoms with E-state index in [1.165, 1.54) is 33.0 Å². The van der Waals surface area contributed by atoms with Gasteiger partial charge in [0.25, 0.3) is 0 Å². The van der Waals surface area contributed by atoms with Crippen LogP contribution in [0.2, 0.25) is 0 Å². The van der Waals surface area contributed by atoms with E-state index < -0.39 is 12.1 Å². The van der Waals surface area contributed by atoms with Crippen molar-refractivity contribution in [1.82, 2.24) is 5.32 Å². The maximum absolute atomic E-state index is 12.0. The van der Waals surface area contributed by atoms with E-state index in [0.717, 1.165) is 0 Å². The van der Waals surface area contributed by atoms with Crippen LogP contribution in [0.1, 0.15) is 23.5 Å². The second kappa shape index (κ2) is 9.71. The zero-order valence-corrected chi connectivity index (χ0v) is 16.4. The molecule has 142 valence electrons. The number of rotatable bonds is 9. The summed E-state index contributed by atoms with van der Waals surface area (Å²) in [5, 5.41) is 11.3. The van der Waals surface area contributed by atoms with E-state index in [1.807, 2.05) is 24.3 Å². The van der Waals surface area contributed by atoms with Crippen molar-refractivity contribution in [3.05, 3.63) is 59.7 Å². The molecule has 1 aliphatic carbocycles. The number of fused-ring (bicyclic) bond motifs is 3. The number of nitrogens with one attached hydrogen (secondary N) is 1. The minimum atomic E-state index is -0.792. The Balaban J connectivity index is 1.44. The summed E-state index contributed by atoms with van der Waals surface area (Å²) in [6, 6.07) is 16.5. The van der Waals surface area contributed by atoms with E-state index >= 15 is 0 Å². The lowest BCUT2D eigenvalue weighted by Crippen LogP contribution is -2.27. The Morgan fingerprint density at radius 1 is 0.963 bits per heavy atom. The summed E-state index contributed by atoms with van der Waals surface area (Å²) >= 11 is 0. The topological polar surface area (TPSA) is 75.6 Å². The molecule has 1 aliphatic rings. The zero-order chi connectivity index (χ0) is 19.1. The minimum absolute atomic E-state index is 0.0594. The number of carboxylic acid groups (broad SMARTS) is 1. The van der Waals surface area contributed by atoms with Gasteiger partial charge in [-0.2, -0.15) is 0 Å². The van der Waals surface area contributed by atoms with E-state index in [0.29, 0.717) is 24.7 Å². The number of carbonyl (C=O) groups is 2. The van der Waals surface area contributed by atoms with Gasteiger partial charge >= 0.3 is 12.1 Å². The number of carboxylic acids is 1. The van der Waals surface area contributed by atoms with Gasteiger partial charge in [0.1, 0.15) is 6.61 Å². The molecule has 2 aromatic carbocycles. The molecule has 0 heterocycles. The molecule has 27 heavy (non-hydrogen) atoms. The molecule has 0 saturated carbocycles. The van der Waals surface area contributed by atoms with Crippen molar-refractivity contribution >= 4 is 33.7 Å². The lowest BCUT2D eigenvalue weighted by Gasteiger charge is -2.14. The highest BCUT2D eigenvalue weighted by molar-refractivity contribution is 8.76. The third-order valence-corrected chi connectivity index (χ3v) is 6.69. The van der Waals surface area contributed by atoms with Crippen LogP contribution in [0.25, 0.3) is 11.1 Å². The van der Waals surface area contributed by atoms with Crippen LogP contribution in [-0.4, -0.2) is 41.8 Å². The number of carbonyl (C=O) groups excluding carboxylic acids is 1. The Kier molecular flexibility index (Phi) is 7.06. The third kappa shape index (κ3) is 5.20. The highest BCUT2D eigenvalue weighted by Crippen LogP contribution is 2.44. The molecule has 0 bridgehead atoms. The normalized spacial score (nSPS) is 12.3. The summed E-state index contributed by atoms with van der Waals surface area (Å²) in [5.41, 5.74) is 4.79. The van der Waals surface area contributed by atoms with Crippen molar-refractivity contribution < 1.29 is 19.4 Å². The summed E-state index contributed by atoms with van der Waals surface area (Å²) in [7, 11) is 3.04. The van der Waals surface area contributed by atoms with Crippen LogP contribution in [0, 0.1) is 0 Å². The highest BCUT2D eigenvalue weighted by Gasteiger charge is 2.28. The van der Waals surface area contributed by atoms with Gasteiger partial charge in [0.2, 0.25) is 0 Å². The van der Waals surface area contributed by atoms with E-state index in [9.17, 15) is 9.59 Å². The van der Waals surface area contributed by atoms with Gasteiger partial charge in [0.15, 0.2) is 0 Å². The van der Waals surface area contributed by atoms with Crippen LogP contribution in [-0.2, 0) is 9.53 Å². The third-order valence-electron chi connectivity index (χ3n) is 4.28. The van der Waals surface area contributed by atoms with Gasteiger partial charge in [-0.25, -0.2) is 4.79 Å². The number of aliphatic carboxylic acids is 1. The average molecular weight is 404 g/mol. The minimum Gasteiger partial charge on any atom is -0.481 e. The van der Waals surface area contributed by atoms with Crippen molar-refractivity contribution in [1.29, 1.82) is 0 Å². The first-order chi connectivity index (χ1) is 13.2. The number of hydrogen-bond donors (Lipinski definition) is 2. The maximum atomic E-state index is 12.0. The van der Waals surface area contributed by atoms with Gasteiger partial charge < -0.3 is 15.2 Å². The first kappa shape index (κ1) is 19.6. The predicted molar refractivity (Wildman–Crippen MR) is 110 cm³/mol. The lowest BCUT2D eigenvalue weighted by atomic mass is 9.98. The molecule has 3 rings (SSSR count). The van der Waals surface area contributed by atoms with Crippen molar-refractivity contribution in [2.24, 2.45) is 0 Å². The molecule has 7 heteroatoms. The number of hydrogen-bond acceptors (Lipinski definition) is 5. The van der Waals surface area contributed by atoms with Crippen LogP contribution < -0.4 is 5.32 Å². The fourth-order valence-corrected chi connectivity index (χ4v) is 4.98. The lowest BCUT2D eigenvalue weighted by molar-refractivity contribution is -0.136. The Labute approximate surface area is 166 Å². The first-order valence-corrected chi connectivity index (χ1v) is 11.2. The molecule has 0 atom stereocenters. The number of amides is 1. The molecule has 1 amide bonds. The monoisotopic (exact) mass is 403 g/mol. The Hall–Kier alpha value is -2.12. The molecule has 0 saturated heterocycles. The first-order valence-electron chi connectivity index (χ1n) is 8.72.